The Kier molecular flexibility index (Phi) is 8.74. The standard InChI is InChI=1S/C25H38N4O2S/c1-5-10-18(6-2)17-20(7-3)27-24-28-23(31)25(4,32-24)19-12-15-29(16-13-19)22(30)21-11-8-9-14-26-21/h8-9,11,14,18-20H,5-7,10,12-13,15-17H2,1-4H3,(H,27,28,31). The first kappa shape index (κ1) is 24.7. The van der Waals surface area contributed by atoms with E-state index in [9.17, 15) is 9.59 Å². The Labute approximate surface area is 197 Å². The Morgan fingerprint density at radius 3 is 2.62 bits per heavy atom. The third kappa shape index (κ3) is 5.72. The summed E-state index contributed by atoms with van der Waals surface area (Å²) in [7, 11) is 0. The maximum absolute atomic E-state index is 13.0. The predicted octanol–water partition coefficient (Wildman–Crippen LogP) is 4.91. The van der Waals surface area contributed by atoms with Crippen LogP contribution >= 0.6 is 11.8 Å². The molecule has 0 radical (unpaired) electrons. The number of carbonyl (C=O) groups is 2. The number of thioether (sulfide) groups is 1. The largest absolute Gasteiger partial charge is 0.337 e. The monoisotopic (exact) mass is 458 g/mol. The predicted molar refractivity (Wildman–Crippen MR) is 132 cm³/mol. The van der Waals surface area contributed by atoms with Crippen LogP contribution < -0.4 is 5.32 Å². The second-order valence-corrected chi connectivity index (χ2v) is 10.7. The number of nitrogens with one attached hydrogen (secondary N) is 1. The molecule has 0 aromatic carbocycles. The first-order chi connectivity index (χ1) is 15.4. The fourth-order valence-electron chi connectivity index (χ4n) is 4.86. The number of aliphatic imine (C=N–C) groups is 1. The maximum atomic E-state index is 13.0. The van der Waals surface area contributed by atoms with Gasteiger partial charge < -0.3 is 10.2 Å². The molecule has 0 aliphatic carbocycles. The Balaban J connectivity index is 1.61. The molecule has 0 saturated carbocycles. The Bertz CT molecular complexity index is 807. The van der Waals surface area contributed by atoms with E-state index in [1.165, 1.54) is 19.3 Å². The van der Waals surface area contributed by atoms with Gasteiger partial charge >= 0.3 is 0 Å². The highest BCUT2D eigenvalue weighted by atomic mass is 32.2. The quantitative estimate of drug-likeness (QED) is 0.571. The maximum Gasteiger partial charge on any atom is 0.272 e. The molecule has 3 rings (SSSR count). The van der Waals surface area contributed by atoms with Gasteiger partial charge in [0.2, 0.25) is 5.91 Å². The fourth-order valence-corrected chi connectivity index (χ4v) is 6.16. The minimum atomic E-state index is -0.523. The summed E-state index contributed by atoms with van der Waals surface area (Å²) in [5.41, 5.74) is 0.485. The van der Waals surface area contributed by atoms with E-state index < -0.39 is 4.75 Å². The van der Waals surface area contributed by atoms with Crippen molar-refractivity contribution < 1.29 is 9.59 Å². The Morgan fingerprint density at radius 1 is 1.28 bits per heavy atom. The van der Waals surface area contributed by atoms with Crippen LogP contribution in [0.1, 0.15) is 83.1 Å². The zero-order valence-corrected chi connectivity index (χ0v) is 20.8. The molecule has 2 saturated heterocycles. The Morgan fingerprint density at radius 2 is 2.03 bits per heavy atom. The van der Waals surface area contributed by atoms with Crippen LogP contribution in [0.15, 0.2) is 29.4 Å². The third-order valence-electron chi connectivity index (χ3n) is 7.08. The van der Waals surface area contributed by atoms with Crippen LogP contribution in [-0.2, 0) is 4.79 Å². The second-order valence-electron chi connectivity index (χ2n) is 9.24. The van der Waals surface area contributed by atoms with Gasteiger partial charge in [0.05, 0.1) is 6.04 Å². The van der Waals surface area contributed by atoms with Gasteiger partial charge in [0.1, 0.15) is 10.4 Å². The summed E-state index contributed by atoms with van der Waals surface area (Å²) in [6.45, 7) is 10.0. The van der Waals surface area contributed by atoms with Crippen molar-refractivity contribution >= 4 is 28.7 Å². The van der Waals surface area contributed by atoms with E-state index >= 15 is 0 Å². The number of nitrogens with zero attached hydrogens (tertiary/aromatic N) is 3. The Hall–Kier alpha value is -1.89. The molecule has 1 aromatic rings. The molecule has 176 valence electrons. The van der Waals surface area contributed by atoms with Gasteiger partial charge in [0, 0.05) is 19.3 Å². The number of carbonyl (C=O) groups excluding carboxylic acids is 2. The number of pyridine rings is 1. The number of aromatic nitrogens is 1. The van der Waals surface area contributed by atoms with Gasteiger partial charge in [0.25, 0.3) is 5.91 Å². The molecule has 3 unspecified atom stereocenters. The van der Waals surface area contributed by atoms with Gasteiger partial charge in [-0.25, -0.2) is 0 Å². The van der Waals surface area contributed by atoms with Gasteiger partial charge in [-0.15, -0.1) is 0 Å². The van der Waals surface area contributed by atoms with Crippen molar-refractivity contribution in [2.24, 2.45) is 16.8 Å². The van der Waals surface area contributed by atoms with Crippen molar-refractivity contribution in [1.82, 2.24) is 15.2 Å². The van der Waals surface area contributed by atoms with E-state index in [1.54, 1.807) is 24.0 Å². The van der Waals surface area contributed by atoms with E-state index in [4.69, 9.17) is 4.99 Å². The average molecular weight is 459 g/mol. The van der Waals surface area contributed by atoms with Crippen LogP contribution in [0.2, 0.25) is 0 Å². The summed E-state index contributed by atoms with van der Waals surface area (Å²) >= 11 is 1.60. The highest BCUT2D eigenvalue weighted by Crippen LogP contribution is 2.43. The molecule has 2 aliphatic rings. The van der Waals surface area contributed by atoms with Crippen molar-refractivity contribution in [2.45, 2.75) is 83.4 Å². The number of amidine groups is 1. The number of hydrogen-bond donors (Lipinski definition) is 1. The van der Waals surface area contributed by atoms with Crippen molar-refractivity contribution in [1.29, 1.82) is 0 Å². The zero-order chi connectivity index (χ0) is 23.1. The van der Waals surface area contributed by atoms with E-state index in [2.05, 4.69) is 31.1 Å². The van der Waals surface area contributed by atoms with Gasteiger partial charge in [-0.3, -0.25) is 19.6 Å². The number of hydrogen-bond acceptors (Lipinski definition) is 5. The number of likely N-dealkylation sites (tertiary alicyclic amines) is 1. The molecule has 1 aromatic heterocycles. The number of rotatable bonds is 9. The first-order valence-corrected chi connectivity index (χ1v) is 13.0. The lowest BCUT2D eigenvalue weighted by Gasteiger charge is -2.38. The minimum absolute atomic E-state index is 0.0247. The summed E-state index contributed by atoms with van der Waals surface area (Å²) < 4.78 is -0.523. The lowest BCUT2D eigenvalue weighted by molar-refractivity contribution is -0.122. The van der Waals surface area contributed by atoms with Gasteiger partial charge in [-0.2, -0.15) is 0 Å². The molecular weight excluding hydrogens is 420 g/mol. The molecule has 2 fully saturated rings. The highest BCUT2D eigenvalue weighted by molar-refractivity contribution is 8.16. The zero-order valence-electron chi connectivity index (χ0n) is 20.0. The molecule has 3 atom stereocenters. The van der Waals surface area contributed by atoms with Crippen molar-refractivity contribution in [3.8, 4) is 0 Å². The number of piperidine rings is 1. The topological polar surface area (TPSA) is 74.7 Å². The van der Waals surface area contributed by atoms with Crippen LogP contribution in [0.4, 0.5) is 0 Å². The van der Waals surface area contributed by atoms with E-state index in [0.717, 1.165) is 30.9 Å². The van der Waals surface area contributed by atoms with Crippen LogP contribution in [0.25, 0.3) is 0 Å². The van der Waals surface area contributed by atoms with Crippen LogP contribution in [0.3, 0.4) is 0 Å². The molecule has 0 bridgehead atoms. The molecular formula is C25H38N4O2S. The van der Waals surface area contributed by atoms with Crippen molar-refractivity contribution in [3.05, 3.63) is 30.1 Å². The summed E-state index contributed by atoms with van der Waals surface area (Å²) in [6, 6.07) is 5.67. The molecule has 2 amide bonds. The smallest absolute Gasteiger partial charge is 0.272 e. The summed E-state index contributed by atoms with van der Waals surface area (Å²) in [6.07, 6.45) is 8.98. The molecule has 2 aliphatic heterocycles. The van der Waals surface area contributed by atoms with Crippen LogP contribution in [-0.4, -0.2) is 50.7 Å². The second kappa shape index (κ2) is 11.3. The first-order valence-electron chi connectivity index (χ1n) is 12.2. The molecule has 6 nitrogen and oxygen atoms in total. The van der Waals surface area contributed by atoms with Gasteiger partial charge in [-0.1, -0.05) is 57.9 Å². The van der Waals surface area contributed by atoms with E-state index in [0.29, 0.717) is 24.7 Å². The van der Waals surface area contributed by atoms with Gasteiger partial charge in [-0.05, 0) is 56.6 Å². The van der Waals surface area contributed by atoms with Crippen LogP contribution in [0, 0.1) is 11.8 Å². The minimum Gasteiger partial charge on any atom is -0.337 e. The van der Waals surface area contributed by atoms with Crippen LogP contribution in [0.5, 0.6) is 0 Å². The van der Waals surface area contributed by atoms with E-state index in [-0.39, 0.29) is 23.8 Å². The number of amides is 2. The summed E-state index contributed by atoms with van der Waals surface area (Å²) in [5.74, 6) is 0.954. The van der Waals surface area contributed by atoms with Crippen molar-refractivity contribution in [2.75, 3.05) is 13.1 Å². The summed E-state index contributed by atoms with van der Waals surface area (Å²) in [4.78, 5) is 36.7. The lowest BCUT2D eigenvalue weighted by Crippen LogP contribution is -2.47. The summed E-state index contributed by atoms with van der Waals surface area (Å²) in [5, 5.41) is 3.85. The molecule has 0 spiro atoms. The average Bonchev–Trinajstić information content (AvgIpc) is 3.12. The normalized spacial score (nSPS) is 25.1. The fraction of sp³-hybridized carbons (Fsp3) is 0.680. The molecule has 3 heterocycles. The lowest BCUT2D eigenvalue weighted by atomic mass is 9.84. The molecule has 7 heteroatoms. The molecule has 1 N–H and O–H groups in total. The highest BCUT2D eigenvalue weighted by Gasteiger charge is 2.49. The SMILES string of the molecule is CCCC(CC)CC(CC)N=C1NC(=O)C(C)(C2CCN(C(=O)c3ccccn3)CC2)S1. The third-order valence-corrected chi connectivity index (χ3v) is 8.42. The van der Waals surface area contributed by atoms with Gasteiger partial charge in [0.15, 0.2) is 5.17 Å². The van der Waals surface area contributed by atoms with E-state index in [1.807, 2.05) is 24.0 Å². The molecule has 32 heavy (non-hydrogen) atoms. The van der Waals surface area contributed by atoms with Crippen molar-refractivity contribution in [3.63, 3.8) is 0 Å².